The molecule has 0 bridgehead atoms. The zero-order valence-electron chi connectivity index (χ0n) is 15.7. The van der Waals surface area contributed by atoms with Gasteiger partial charge in [-0.25, -0.2) is 0 Å². The summed E-state index contributed by atoms with van der Waals surface area (Å²) in [5, 5.41) is 9.39. The fourth-order valence-electron chi connectivity index (χ4n) is 3.14. The summed E-state index contributed by atoms with van der Waals surface area (Å²) in [4.78, 5) is 17.2. The molecule has 27 heavy (non-hydrogen) atoms. The van der Waals surface area contributed by atoms with Gasteiger partial charge >= 0.3 is 0 Å². The fraction of sp³-hybridized carbons (Fsp3) is 0.333. The Bertz CT molecular complexity index is 979. The molecule has 1 fully saturated rings. The number of aromatic nitrogens is 4. The van der Waals surface area contributed by atoms with Crippen LogP contribution >= 0.6 is 11.8 Å². The predicted molar refractivity (Wildman–Crippen MR) is 107 cm³/mol. The second-order valence-electron chi connectivity index (χ2n) is 7.09. The van der Waals surface area contributed by atoms with Gasteiger partial charge in [-0.2, -0.15) is 0 Å². The molecule has 4 rings (SSSR count). The van der Waals surface area contributed by atoms with Crippen molar-refractivity contribution in [3.05, 3.63) is 59.4 Å². The number of carbonyl (C=O) groups is 1. The van der Waals surface area contributed by atoms with Gasteiger partial charge in [0.1, 0.15) is 0 Å². The van der Waals surface area contributed by atoms with Crippen LogP contribution in [-0.4, -0.2) is 30.8 Å². The number of hydrogen-bond acceptors (Lipinski definition) is 5. The van der Waals surface area contributed by atoms with Gasteiger partial charge < -0.3 is 0 Å². The van der Waals surface area contributed by atoms with Crippen LogP contribution in [0, 0.1) is 13.8 Å². The van der Waals surface area contributed by atoms with Gasteiger partial charge in [-0.15, -0.1) is 10.2 Å². The van der Waals surface area contributed by atoms with Gasteiger partial charge in [-0.3, -0.25) is 14.3 Å². The largest absolute Gasteiger partial charge is 0.299 e. The molecule has 3 aromatic rings. The number of Topliss-reactive ketones (excluding diaryl/α,β-unsaturated/α-hetero) is 1. The van der Waals surface area contributed by atoms with Crippen LogP contribution in [-0.2, 0) is 0 Å². The summed E-state index contributed by atoms with van der Waals surface area (Å²) in [5.41, 5.74) is 3.86. The summed E-state index contributed by atoms with van der Waals surface area (Å²) in [6.45, 7) is 5.94. The van der Waals surface area contributed by atoms with Crippen LogP contribution < -0.4 is 0 Å². The first-order chi connectivity index (χ1) is 13.0. The summed E-state index contributed by atoms with van der Waals surface area (Å²) in [6.07, 6.45) is 5.81. The molecule has 0 spiro atoms. The predicted octanol–water partition coefficient (Wildman–Crippen LogP) is 4.66. The summed E-state index contributed by atoms with van der Waals surface area (Å²) in [6, 6.07) is 10.3. The zero-order chi connectivity index (χ0) is 19.0. The van der Waals surface area contributed by atoms with Crippen molar-refractivity contribution in [1.29, 1.82) is 0 Å². The Hall–Kier alpha value is -2.47. The Morgan fingerprint density at radius 3 is 2.74 bits per heavy atom. The van der Waals surface area contributed by atoms with E-state index >= 15 is 0 Å². The minimum absolute atomic E-state index is 0.134. The van der Waals surface area contributed by atoms with E-state index in [0.717, 1.165) is 46.1 Å². The molecule has 0 amide bonds. The molecule has 0 aliphatic heterocycles. The molecule has 1 aliphatic rings. The lowest BCUT2D eigenvalue weighted by molar-refractivity contribution is 0.0993. The van der Waals surface area contributed by atoms with Gasteiger partial charge in [0.25, 0.3) is 0 Å². The lowest BCUT2D eigenvalue weighted by atomic mass is 10.0. The first-order valence-electron chi connectivity index (χ1n) is 9.18. The molecular formula is C21H22N4OS. The van der Waals surface area contributed by atoms with E-state index < -0.39 is 0 Å². The highest BCUT2D eigenvalue weighted by atomic mass is 32.2. The lowest BCUT2D eigenvalue weighted by Gasteiger charge is -2.14. The Morgan fingerprint density at radius 2 is 2.04 bits per heavy atom. The molecule has 2 aromatic heterocycles. The third kappa shape index (κ3) is 3.67. The van der Waals surface area contributed by atoms with E-state index in [2.05, 4.69) is 19.7 Å². The topological polar surface area (TPSA) is 60.7 Å². The molecule has 1 atom stereocenters. The Labute approximate surface area is 163 Å². The Balaban J connectivity index is 1.62. The molecular weight excluding hydrogens is 356 g/mol. The number of nitrogens with zero attached hydrogens (tertiary/aromatic N) is 4. The van der Waals surface area contributed by atoms with E-state index in [9.17, 15) is 4.79 Å². The van der Waals surface area contributed by atoms with Crippen LogP contribution in [0.2, 0.25) is 0 Å². The van der Waals surface area contributed by atoms with Crippen molar-refractivity contribution in [3.8, 4) is 11.4 Å². The lowest BCUT2D eigenvalue weighted by Crippen LogP contribution is -2.16. The van der Waals surface area contributed by atoms with Crippen molar-refractivity contribution >= 4 is 17.5 Å². The highest BCUT2D eigenvalue weighted by molar-refractivity contribution is 8.00. The average Bonchev–Trinajstić information content (AvgIpc) is 3.44. The highest BCUT2D eigenvalue weighted by Crippen LogP contribution is 2.41. The molecule has 6 heteroatoms. The molecule has 0 saturated heterocycles. The minimum atomic E-state index is -0.228. The van der Waals surface area contributed by atoms with E-state index in [1.807, 2.05) is 57.3 Å². The van der Waals surface area contributed by atoms with Crippen molar-refractivity contribution in [1.82, 2.24) is 19.7 Å². The molecule has 2 heterocycles. The quantitative estimate of drug-likeness (QED) is 0.461. The normalized spacial score (nSPS) is 14.9. The van der Waals surface area contributed by atoms with Gasteiger partial charge in [0.15, 0.2) is 16.8 Å². The molecule has 0 N–H and O–H groups in total. The van der Waals surface area contributed by atoms with E-state index in [4.69, 9.17) is 0 Å². The number of benzene rings is 1. The fourth-order valence-corrected chi connectivity index (χ4v) is 4.13. The van der Waals surface area contributed by atoms with Crippen molar-refractivity contribution in [2.75, 3.05) is 0 Å². The molecule has 1 saturated carbocycles. The number of hydrogen-bond donors (Lipinski definition) is 0. The number of aryl methyl sites for hydroxylation is 2. The van der Waals surface area contributed by atoms with Gasteiger partial charge in [0, 0.05) is 29.6 Å². The standard InChI is InChI=1S/C21H22N4OS/c1-13-6-7-14(2)18(11-13)19(26)15(3)27-21-24-23-20(25(21)17-8-9-17)16-5-4-10-22-12-16/h4-7,10-12,15,17H,8-9H2,1-3H3/t15-/m1/s1. The number of ketones is 1. The third-order valence-corrected chi connectivity index (χ3v) is 5.86. The maximum absolute atomic E-state index is 13.0. The van der Waals surface area contributed by atoms with Crippen LogP contribution in [0.3, 0.4) is 0 Å². The molecule has 138 valence electrons. The van der Waals surface area contributed by atoms with Crippen molar-refractivity contribution in [2.24, 2.45) is 0 Å². The number of carbonyl (C=O) groups excluding carboxylic acids is 1. The molecule has 0 unspecified atom stereocenters. The number of thioether (sulfide) groups is 1. The van der Waals surface area contributed by atoms with E-state index in [1.54, 1.807) is 6.20 Å². The minimum Gasteiger partial charge on any atom is -0.299 e. The van der Waals surface area contributed by atoms with Crippen molar-refractivity contribution in [3.63, 3.8) is 0 Å². The molecule has 5 nitrogen and oxygen atoms in total. The Kier molecular flexibility index (Phi) is 4.83. The van der Waals surface area contributed by atoms with Gasteiger partial charge in [0.05, 0.1) is 5.25 Å². The molecule has 1 aliphatic carbocycles. The molecule has 1 aromatic carbocycles. The smallest absolute Gasteiger partial charge is 0.192 e. The van der Waals surface area contributed by atoms with Crippen LogP contribution in [0.5, 0.6) is 0 Å². The second kappa shape index (κ2) is 7.27. The number of pyridine rings is 1. The maximum atomic E-state index is 13.0. The summed E-state index contributed by atoms with van der Waals surface area (Å²) >= 11 is 1.49. The van der Waals surface area contributed by atoms with E-state index in [1.165, 1.54) is 11.8 Å². The van der Waals surface area contributed by atoms with Crippen LogP contribution in [0.25, 0.3) is 11.4 Å². The van der Waals surface area contributed by atoms with Gasteiger partial charge in [0.2, 0.25) is 0 Å². The van der Waals surface area contributed by atoms with Crippen molar-refractivity contribution < 1.29 is 4.79 Å². The monoisotopic (exact) mass is 378 g/mol. The van der Waals surface area contributed by atoms with Crippen LogP contribution in [0.1, 0.15) is 47.3 Å². The van der Waals surface area contributed by atoms with Gasteiger partial charge in [-0.05, 0) is 57.4 Å². The van der Waals surface area contributed by atoms with Gasteiger partial charge in [-0.1, -0.05) is 29.5 Å². The second-order valence-corrected chi connectivity index (χ2v) is 8.40. The summed E-state index contributed by atoms with van der Waals surface area (Å²) < 4.78 is 2.18. The van der Waals surface area contributed by atoms with Crippen molar-refractivity contribution in [2.45, 2.75) is 50.1 Å². The number of rotatable bonds is 6. The first kappa shape index (κ1) is 17.9. The van der Waals surface area contributed by atoms with E-state index in [-0.39, 0.29) is 11.0 Å². The first-order valence-corrected chi connectivity index (χ1v) is 10.1. The summed E-state index contributed by atoms with van der Waals surface area (Å²) in [7, 11) is 0. The van der Waals surface area contributed by atoms with Crippen LogP contribution in [0.15, 0.2) is 47.9 Å². The third-order valence-electron chi connectivity index (χ3n) is 4.81. The van der Waals surface area contributed by atoms with E-state index in [0.29, 0.717) is 6.04 Å². The zero-order valence-corrected chi connectivity index (χ0v) is 16.5. The molecule has 0 radical (unpaired) electrons. The highest BCUT2D eigenvalue weighted by Gasteiger charge is 2.31. The SMILES string of the molecule is Cc1ccc(C)c(C(=O)[C@@H](C)Sc2nnc(-c3cccnc3)n2C2CC2)c1. The average molecular weight is 379 g/mol. The maximum Gasteiger partial charge on any atom is 0.192 e. The van der Waals surface area contributed by atoms with Crippen LogP contribution in [0.4, 0.5) is 0 Å². The summed E-state index contributed by atoms with van der Waals surface area (Å²) in [5.74, 6) is 0.967. The Morgan fingerprint density at radius 1 is 1.22 bits per heavy atom.